The highest BCUT2D eigenvalue weighted by Gasteiger charge is 2.19. The Morgan fingerprint density at radius 3 is 3.18 bits per heavy atom. The van der Waals surface area contributed by atoms with E-state index in [9.17, 15) is 0 Å². The third kappa shape index (κ3) is 2.01. The van der Waals surface area contributed by atoms with Gasteiger partial charge >= 0.3 is 0 Å². The van der Waals surface area contributed by atoms with Gasteiger partial charge in [0.25, 0.3) is 0 Å². The number of hydrogen-bond acceptors (Lipinski definition) is 5. The number of nitrogens with zero attached hydrogens (tertiary/aromatic N) is 4. The lowest BCUT2D eigenvalue weighted by molar-refractivity contribution is 0.480. The first-order chi connectivity index (χ1) is 8.33. The Morgan fingerprint density at radius 1 is 1.47 bits per heavy atom. The number of rotatable bonds is 2. The summed E-state index contributed by atoms with van der Waals surface area (Å²) in [5.41, 5.74) is 0.923. The molecule has 3 heterocycles. The van der Waals surface area contributed by atoms with Gasteiger partial charge in [0, 0.05) is 31.9 Å². The first kappa shape index (κ1) is 10.3. The maximum absolute atomic E-state index is 4.48. The normalized spacial score (nSPS) is 20.8. The topological polar surface area (TPSA) is 85.5 Å². The molecule has 1 aliphatic heterocycles. The van der Waals surface area contributed by atoms with Crippen LogP contribution in [0.2, 0.25) is 0 Å². The van der Waals surface area contributed by atoms with Crippen LogP contribution in [0.1, 0.15) is 6.92 Å². The second-order valence-corrected chi connectivity index (χ2v) is 4.27. The molecular formula is C10H15N7. The fourth-order valence-electron chi connectivity index (χ4n) is 2.02. The molecule has 1 atom stereocenters. The summed E-state index contributed by atoms with van der Waals surface area (Å²) in [6, 6.07) is 0.472. The van der Waals surface area contributed by atoms with E-state index >= 15 is 0 Å². The minimum absolute atomic E-state index is 0.472. The number of H-pyrrole nitrogens is 2. The minimum Gasteiger partial charge on any atom is -0.337 e. The van der Waals surface area contributed by atoms with Crippen LogP contribution >= 0.6 is 0 Å². The van der Waals surface area contributed by atoms with Crippen molar-refractivity contribution < 1.29 is 0 Å². The average Bonchev–Trinajstić information content (AvgIpc) is 3.00. The van der Waals surface area contributed by atoms with Gasteiger partial charge in [0.2, 0.25) is 5.95 Å². The van der Waals surface area contributed by atoms with Crippen LogP contribution in [0.4, 0.5) is 5.95 Å². The summed E-state index contributed by atoms with van der Waals surface area (Å²) in [6.45, 7) is 5.00. The molecule has 0 bridgehead atoms. The Bertz CT molecular complexity index is 475. The number of aromatic amines is 2. The molecule has 0 aliphatic carbocycles. The molecule has 1 fully saturated rings. The van der Waals surface area contributed by atoms with E-state index in [-0.39, 0.29) is 0 Å². The van der Waals surface area contributed by atoms with Gasteiger partial charge in [0.1, 0.15) is 0 Å². The molecule has 0 radical (unpaired) electrons. The lowest BCUT2D eigenvalue weighted by atomic mass is 10.2. The summed E-state index contributed by atoms with van der Waals surface area (Å²) in [5.74, 6) is 1.51. The Hall–Kier alpha value is -1.89. The molecule has 2 aromatic rings. The third-order valence-corrected chi connectivity index (χ3v) is 2.90. The lowest BCUT2D eigenvalue weighted by Crippen LogP contribution is -2.49. The van der Waals surface area contributed by atoms with Crippen molar-refractivity contribution in [3.05, 3.63) is 12.4 Å². The average molecular weight is 233 g/mol. The fraction of sp³-hybridized carbons (Fsp3) is 0.500. The van der Waals surface area contributed by atoms with Crippen molar-refractivity contribution in [3.63, 3.8) is 0 Å². The van der Waals surface area contributed by atoms with Gasteiger partial charge in [-0.15, -0.1) is 5.10 Å². The molecule has 2 aromatic heterocycles. The highest BCUT2D eigenvalue weighted by molar-refractivity contribution is 5.53. The van der Waals surface area contributed by atoms with Gasteiger partial charge in [0.05, 0.1) is 11.8 Å². The molecule has 1 saturated heterocycles. The second-order valence-electron chi connectivity index (χ2n) is 4.27. The molecule has 3 N–H and O–H groups in total. The first-order valence-corrected chi connectivity index (χ1v) is 5.73. The van der Waals surface area contributed by atoms with E-state index in [1.807, 2.05) is 0 Å². The van der Waals surface area contributed by atoms with Gasteiger partial charge < -0.3 is 10.2 Å². The maximum Gasteiger partial charge on any atom is 0.245 e. The van der Waals surface area contributed by atoms with Crippen molar-refractivity contribution in [2.75, 3.05) is 24.5 Å². The smallest absolute Gasteiger partial charge is 0.245 e. The van der Waals surface area contributed by atoms with E-state index in [1.165, 1.54) is 0 Å². The van der Waals surface area contributed by atoms with Crippen molar-refractivity contribution in [3.8, 4) is 11.4 Å². The number of anilines is 1. The van der Waals surface area contributed by atoms with Gasteiger partial charge in [-0.05, 0) is 6.92 Å². The van der Waals surface area contributed by atoms with E-state index in [4.69, 9.17) is 0 Å². The molecule has 1 aliphatic rings. The Morgan fingerprint density at radius 2 is 2.41 bits per heavy atom. The molecule has 0 aromatic carbocycles. The number of piperazine rings is 1. The Balaban J connectivity index is 1.80. The second kappa shape index (κ2) is 4.17. The molecule has 0 amide bonds. The van der Waals surface area contributed by atoms with Crippen LogP contribution in [-0.4, -0.2) is 51.1 Å². The summed E-state index contributed by atoms with van der Waals surface area (Å²) in [5, 5.41) is 17.2. The van der Waals surface area contributed by atoms with Crippen LogP contribution in [-0.2, 0) is 0 Å². The predicted molar refractivity (Wildman–Crippen MR) is 63.6 cm³/mol. The monoisotopic (exact) mass is 233 g/mol. The summed E-state index contributed by atoms with van der Waals surface area (Å²) in [6.07, 6.45) is 3.52. The van der Waals surface area contributed by atoms with Crippen molar-refractivity contribution in [2.24, 2.45) is 0 Å². The van der Waals surface area contributed by atoms with Crippen LogP contribution < -0.4 is 10.2 Å². The largest absolute Gasteiger partial charge is 0.337 e. The number of aromatic nitrogens is 5. The molecule has 7 nitrogen and oxygen atoms in total. The molecule has 90 valence electrons. The summed E-state index contributed by atoms with van der Waals surface area (Å²) >= 11 is 0. The molecule has 0 unspecified atom stereocenters. The van der Waals surface area contributed by atoms with Crippen LogP contribution in [0.5, 0.6) is 0 Å². The summed E-state index contributed by atoms with van der Waals surface area (Å²) in [4.78, 5) is 6.66. The van der Waals surface area contributed by atoms with E-state index in [0.29, 0.717) is 6.04 Å². The highest BCUT2D eigenvalue weighted by Crippen LogP contribution is 2.16. The fourth-order valence-corrected chi connectivity index (χ4v) is 2.02. The molecular weight excluding hydrogens is 218 g/mol. The minimum atomic E-state index is 0.472. The summed E-state index contributed by atoms with van der Waals surface area (Å²) in [7, 11) is 0. The zero-order valence-electron chi connectivity index (χ0n) is 9.64. The van der Waals surface area contributed by atoms with Gasteiger partial charge in [-0.2, -0.15) is 10.1 Å². The molecule has 0 saturated carbocycles. The zero-order chi connectivity index (χ0) is 11.7. The van der Waals surface area contributed by atoms with Crippen LogP contribution in [0, 0.1) is 0 Å². The van der Waals surface area contributed by atoms with E-state index in [1.54, 1.807) is 12.4 Å². The quantitative estimate of drug-likeness (QED) is 0.679. The molecule has 0 spiro atoms. The van der Waals surface area contributed by atoms with Gasteiger partial charge in [-0.3, -0.25) is 10.2 Å². The summed E-state index contributed by atoms with van der Waals surface area (Å²) < 4.78 is 0. The van der Waals surface area contributed by atoms with Crippen LogP contribution in [0.15, 0.2) is 12.4 Å². The molecule has 17 heavy (non-hydrogen) atoms. The third-order valence-electron chi connectivity index (χ3n) is 2.90. The standard InChI is InChI=1S/C10H15N7/c1-7-6-17(3-2-11-7)10-14-9(15-16-10)8-4-12-13-5-8/h4-5,7,11H,2-3,6H2,1H3,(H,12,13)(H,14,15,16)/t7-/m0/s1. The number of nitrogens with one attached hydrogen (secondary N) is 3. The van der Waals surface area contributed by atoms with Gasteiger partial charge in [-0.1, -0.05) is 0 Å². The first-order valence-electron chi connectivity index (χ1n) is 5.73. The van der Waals surface area contributed by atoms with Crippen molar-refractivity contribution in [2.45, 2.75) is 13.0 Å². The highest BCUT2D eigenvalue weighted by atomic mass is 15.4. The lowest BCUT2D eigenvalue weighted by Gasteiger charge is -2.30. The van der Waals surface area contributed by atoms with E-state index in [0.717, 1.165) is 37.0 Å². The molecule has 3 rings (SSSR count). The molecule has 7 heteroatoms. The van der Waals surface area contributed by atoms with E-state index < -0.39 is 0 Å². The van der Waals surface area contributed by atoms with Crippen molar-refractivity contribution >= 4 is 5.95 Å². The van der Waals surface area contributed by atoms with Crippen LogP contribution in [0.3, 0.4) is 0 Å². The number of hydrogen-bond donors (Lipinski definition) is 3. The van der Waals surface area contributed by atoms with E-state index in [2.05, 4.69) is 42.5 Å². The Labute approximate surface area is 98.6 Å². The maximum atomic E-state index is 4.48. The van der Waals surface area contributed by atoms with Crippen LogP contribution in [0.25, 0.3) is 11.4 Å². The van der Waals surface area contributed by atoms with Gasteiger partial charge in [0.15, 0.2) is 5.82 Å². The Kier molecular flexibility index (Phi) is 2.52. The SMILES string of the molecule is C[C@H]1CN(c2n[nH]c(-c3cn[nH]c3)n2)CCN1. The zero-order valence-corrected chi connectivity index (χ0v) is 9.64. The van der Waals surface area contributed by atoms with Gasteiger partial charge in [-0.25, -0.2) is 0 Å². The predicted octanol–water partition coefficient (Wildman–Crippen LogP) is -0.00710. The van der Waals surface area contributed by atoms with Crippen molar-refractivity contribution in [1.82, 2.24) is 30.7 Å². The van der Waals surface area contributed by atoms with Crippen molar-refractivity contribution in [1.29, 1.82) is 0 Å².